The highest BCUT2D eigenvalue weighted by molar-refractivity contribution is 7.92. The molecule has 0 radical (unpaired) electrons. The van der Waals surface area contributed by atoms with Gasteiger partial charge in [0.1, 0.15) is 12.4 Å². The molecule has 2 aromatic carbocycles. The predicted octanol–water partition coefficient (Wildman–Crippen LogP) is 2.35. The lowest BCUT2D eigenvalue weighted by molar-refractivity contribution is -0.116. The van der Waals surface area contributed by atoms with Gasteiger partial charge in [0.05, 0.1) is 17.0 Å². The van der Waals surface area contributed by atoms with Crippen LogP contribution in [0, 0.1) is 0 Å². The second kappa shape index (κ2) is 8.30. The van der Waals surface area contributed by atoms with Crippen molar-refractivity contribution in [2.75, 3.05) is 23.2 Å². The molecule has 0 saturated carbocycles. The summed E-state index contributed by atoms with van der Waals surface area (Å²) in [6.45, 7) is 2.64. The van der Waals surface area contributed by atoms with Crippen LogP contribution < -0.4 is 20.1 Å². The Bertz CT molecular complexity index is 987. The molecule has 1 heterocycles. The first-order chi connectivity index (χ1) is 13.4. The summed E-state index contributed by atoms with van der Waals surface area (Å²) in [6, 6.07) is 10.4. The Hall–Kier alpha value is -3.07. The summed E-state index contributed by atoms with van der Waals surface area (Å²) < 4.78 is 33.2. The number of nitrogens with one attached hydrogen (secondary N) is 3. The summed E-state index contributed by atoms with van der Waals surface area (Å²) >= 11 is 0. The summed E-state index contributed by atoms with van der Waals surface area (Å²) in [7, 11) is -3.86. The fourth-order valence-corrected chi connectivity index (χ4v) is 3.75. The SMILES string of the molecule is CCCC(=O)Nc1ccc(S(=O)(=O)Nc2ccc3c(c2)C(=O)NCCO3)cc1. The zero-order valence-corrected chi connectivity index (χ0v) is 16.1. The topological polar surface area (TPSA) is 114 Å². The van der Waals surface area contributed by atoms with Gasteiger partial charge in [0.25, 0.3) is 15.9 Å². The molecule has 3 N–H and O–H groups in total. The van der Waals surface area contributed by atoms with Gasteiger partial charge >= 0.3 is 0 Å². The van der Waals surface area contributed by atoms with Crippen molar-refractivity contribution in [3.05, 3.63) is 48.0 Å². The standard InChI is InChI=1S/C19H21N3O5S/c1-2-3-18(23)21-13-4-7-15(8-5-13)28(25,26)22-14-6-9-17-16(12-14)19(24)20-10-11-27-17/h4-9,12,22H,2-3,10-11H2,1H3,(H,20,24)(H,21,23). The summed E-state index contributed by atoms with van der Waals surface area (Å²) in [5.74, 6) is -0.0347. The maximum Gasteiger partial charge on any atom is 0.261 e. The van der Waals surface area contributed by atoms with Crippen molar-refractivity contribution in [1.82, 2.24) is 5.32 Å². The molecule has 2 aromatic rings. The number of fused-ring (bicyclic) bond motifs is 1. The van der Waals surface area contributed by atoms with Gasteiger partial charge in [-0.05, 0) is 48.9 Å². The van der Waals surface area contributed by atoms with Gasteiger partial charge in [-0.3, -0.25) is 14.3 Å². The van der Waals surface area contributed by atoms with Crippen molar-refractivity contribution in [3.8, 4) is 5.75 Å². The number of rotatable bonds is 6. The van der Waals surface area contributed by atoms with Crippen molar-refractivity contribution in [3.63, 3.8) is 0 Å². The Morgan fingerprint density at radius 3 is 2.57 bits per heavy atom. The van der Waals surface area contributed by atoms with Crippen LogP contribution in [0.5, 0.6) is 5.75 Å². The zero-order chi connectivity index (χ0) is 20.1. The van der Waals surface area contributed by atoms with E-state index in [-0.39, 0.29) is 28.0 Å². The molecular weight excluding hydrogens is 382 g/mol. The number of amides is 2. The monoisotopic (exact) mass is 403 g/mol. The van der Waals surface area contributed by atoms with Crippen LogP contribution in [-0.4, -0.2) is 33.4 Å². The van der Waals surface area contributed by atoms with E-state index in [2.05, 4.69) is 15.4 Å². The molecule has 0 saturated heterocycles. The van der Waals surface area contributed by atoms with Gasteiger partial charge in [-0.25, -0.2) is 8.42 Å². The number of sulfonamides is 1. The molecule has 0 fully saturated rings. The number of anilines is 2. The molecule has 2 amide bonds. The van der Waals surface area contributed by atoms with Crippen LogP contribution in [0.4, 0.5) is 11.4 Å². The van der Waals surface area contributed by atoms with Gasteiger partial charge in [0, 0.05) is 17.8 Å². The Morgan fingerprint density at radius 1 is 1.14 bits per heavy atom. The summed E-state index contributed by atoms with van der Waals surface area (Å²) in [5.41, 5.74) is 1.04. The van der Waals surface area contributed by atoms with E-state index in [0.717, 1.165) is 6.42 Å². The molecule has 0 atom stereocenters. The Morgan fingerprint density at radius 2 is 1.86 bits per heavy atom. The highest BCUT2D eigenvalue weighted by Crippen LogP contribution is 2.26. The molecule has 0 aliphatic carbocycles. The third-order valence-corrected chi connectivity index (χ3v) is 5.44. The maximum absolute atomic E-state index is 12.6. The van der Waals surface area contributed by atoms with Gasteiger partial charge in [-0.2, -0.15) is 0 Å². The van der Waals surface area contributed by atoms with Crippen LogP contribution in [-0.2, 0) is 14.8 Å². The van der Waals surface area contributed by atoms with Crippen LogP contribution in [0.1, 0.15) is 30.1 Å². The molecular formula is C19H21N3O5S. The third-order valence-electron chi connectivity index (χ3n) is 4.05. The van der Waals surface area contributed by atoms with E-state index in [4.69, 9.17) is 4.74 Å². The molecule has 0 spiro atoms. The van der Waals surface area contributed by atoms with E-state index >= 15 is 0 Å². The predicted molar refractivity (Wildman–Crippen MR) is 105 cm³/mol. The molecule has 28 heavy (non-hydrogen) atoms. The fraction of sp³-hybridized carbons (Fsp3) is 0.263. The van der Waals surface area contributed by atoms with Gasteiger partial charge in [0.15, 0.2) is 0 Å². The normalized spacial score (nSPS) is 13.5. The molecule has 3 rings (SSSR count). The van der Waals surface area contributed by atoms with Crippen LogP contribution in [0.25, 0.3) is 0 Å². The first-order valence-corrected chi connectivity index (χ1v) is 10.3. The van der Waals surface area contributed by atoms with Crippen molar-refractivity contribution in [2.45, 2.75) is 24.7 Å². The van der Waals surface area contributed by atoms with E-state index in [1.54, 1.807) is 6.07 Å². The van der Waals surface area contributed by atoms with Crippen molar-refractivity contribution in [2.24, 2.45) is 0 Å². The average molecular weight is 403 g/mol. The number of carbonyl (C=O) groups is 2. The van der Waals surface area contributed by atoms with E-state index in [1.165, 1.54) is 36.4 Å². The number of benzene rings is 2. The third kappa shape index (κ3) is 4.61. The highest BCUT2D eigenvalue weighted by Gasteiger charge is 2.19. The van der Waals surface area contributed by atoms with Crippen LogP contribution >= 0.6 is 0 Å². The molecule has 0 unspecified atom stereocenters. The molecule has 9 heteroatoms. The molecule has 1 aliphatic heterocycles. The summed E-state index contributed by atoms with van der Waals surface area (Å²) in [5, 5.41) is 5.38. The lowest BCUT2D eigenvalue weighted by Gasteiger charge is -2.11. The average Bonchev–Trinajstić information content (AvgIpc) is 2.84. The number of hydrogen-bond donors (Lipinski definition) is 3. The van der Waals surface area contributed by atoms with Crippen LogP contribution in [0.15, 0.2) is 47.4 Å². The maximum atomic E-state index is 12.6. The first-order valence-electron chi connectivity index (χ1n) is 8.87. The minimum atomic E-state index is -3.86. The largest absolute Gasteiger partial charge is 0.491 e. The second-order valence-electron chi connectivity index (χ2n) is 6.24. The van der Waals surface area contributed by atoms with Crippen molar-refractivity contribution >= 4 is 33.2 Å². The summed E-state index contributed by atoms with van der Waals surface area (Å²) in [6.07, 6.45) is 1.13. The van der Waals surface area contributed by atoms with Crippen molar-refractivity contribution < 1.29 is 22.7 Å². The zero-order valence-electron chi connectivity index (χ0n) is 15.3. The van der Waals surface area contributed by atoms with E-state index in [9.17, 15) is 18.0 Å². The van der Waals surface area contributed by atoms with Gasteiger partial charge < -0.3 is 15.4 Å². The lowest BCUT2D eigenvalue weighted by Crippen LogP contribution is -2.24. The lowest BCUT2D eigenvalue weighted by atomic mass is 10.1. The van der Waals surface area contributed by atoms with Crippen molar-refractivity contribution in [1.29, 1.82) is 0 Å². The van der Waals surface area contributed by atoms with E-state index in [0.29, 0.717) is 31.0 Å². The van der Waals surface area contributed by atoms with Gasteiger partial charge in [-0.15, -0.1) is 0 Å². The minimum Gasteiger partial charge on any atom is -0.491 e. The minimum absolute atomic E-state index is 0.0386. The van der Waals surface area contributed by atoms with Gasteiger partial charge in [0.2, 0.25) is 5.91 Å². The smallest absolute Gasteiger partial charge is 0.261 e. The first kappa shape index (κ1) is 19.7. The molecule has 148 valence electrons. The molecule has 8 nitrogen and oxygen atoms in total. The molecule has 0 bridgehead atoms. The van der Waals surface area contributed by atoms with E-state index in [1.807, 2.05) is 6.92 Å². The molecule has 0 aromatic heterocycles. The van der Waals surface area contributed by atoms with E-state index < -0.39 is 10.0 Å². The fourth-order valence-electron chi connectivity index (χ4n) is 2.70. The Kier molecular flexibility index (Phi) is 5.84. The Labute approximate surface area is 163 Å². The number of hydrogen-bond acceptors (Lipinski definition) is 5. The number of ether oxygens (including phenoxy) is 1. The number of carbonyl (C=O) groups excluding carboxylic acids is 2. The van der Waals surface area contributed by atoms with Crippen LogP contribution in [0.3, 0.4) is 0 Å². The quantitative estimate of drug-likeness (QED) is 0.685. The summed E-state index contributed by atoms with van der Waals surface area (Å²) in [4.78, 5) is 23.7. The van der Waals surface area contributed by atoms with Crippen LogP contribution in [0.2, 0.25) is 0 Å². The van der Waals surface area contributed by atoms with Gasteiger partial charge in [-0.1, -0.05) is 6.92 Å². The second-order valence-corrected chi connectivity index (χ2v) is 7.93. The highest BCUT2D eigenvalue weighted by atomic mass is 32.2. The Balaban J connectivity index is 1.77. The molecule has 1 aliphatic rings.